The van der Waals surface area contributed by atoms with Gasteiger partial charge in [0, 0.05) is 12.2 Å². The van der Waals surface area contributed by atoms with E-state index in [0.717, 1.165) is 11.1 Å². The molecule has 0 saturated heterocycles. The van der Waals surface area contributed by atoms with Crippen molar-refractivity contribution in [2.24, 2.45) is 5.41 Å². The number of hydrogen-bond donors (Lipinski definition) is 2. The Balaban J connectivity index is 1.57. The molecule has 0 fully saturated rings. The topological polar surface area (TPSA) is 70.7 Å². The number of nitrogens with one attached hydrogen (secondary N) is 2. The number of ether oxygens (including phenoxy) is 1. The molecule has 1 aliphatic heterocycles. The number of fused-ring (bicyclic) bond motifs is 1. The smallest absolute Gasteiger partial charge is 0.319 e. The van der Waals surface area contributed by atoms with Crippen molar-refractivity contribution in [2.75, 3.05) is 23.4 Å². The molecule has 6 nitrogen and oxygen atoms in total. The van der Waals surface area contributed by atoms with Crippen molar-refractivity contribution in [3.8, 4) is 5.75 Å². The second kappa shape index (κ2) is 9.36. The number of anilines is 2. The van der Waals surface area contributed by atoms with Gasteiger partial charge >= 0.3 is 6.03 Å². The summed E-state index contributed by atoms with van der Waals surface area (Å²) < 4.78 is 5.92. The Hall–Kier alpha value is -3.80. The van der Waals surface area contributed by atoms with E-state index in [1.807, 2.05) is 81.4 Å². The van der Waals surface area contributed by atoms with E-state index in [4.69, 9.17) is 4.74 Å². The minimum Gasteiger partial charge on any atom is -0.490 e. The summed E-state index contributed by atoms with van der Waals surface area (Å²) in [6.07, 6.45) is 0. The minimum absolute atomic E-state index is 0.00132. The van der Waals surface area contributed by atoms with Gasteiger partial charge in [-0.3, -0.25) is 4.79 Å². The van der Waals surface area contributed by atoms with Gasteiger partial charge in [-0.05, 0) is 50.1 Å². The van der Waals surface area contributed by atoms with Crippen molar-refractivity contribution in [3.63, 3.8) is 0 Å². The average molecular weight is 444 g/mol. The van der Waals surface area contributed by atoms with E-state index >= 15 is 0 Å². The van der Waals surface area contributed by atoms with Gasteiger partial charge in [0.05, 0.1) is 17.1 Å². The fourth-order valence-corrected chi connectivity index (χ4v) is 3.99. The van der Waals surface area contributed by atoms with E-state index in [1.54, 1.807) is 23.1 Å². The van der Waals surface area contributed by atoms with Crippen LogP contribution in [0.1, 0.15) is 37.9 Å². The molecule has 0 spiro atoms. The third kappa shape index (κ3) is 4.85. The average Bonchev–Trinajstić information content (AvgIpc) is 2.92. The predicted octanol–water partition coefficient (Wildman–Crippen LogP) is 5.37. The summed E-state index contributed by atoms with van der Waals surface area (Å²) in [5, 5.41) is 5.99. The van der Waals surface area contributed by atoms with Crippen LogP contribution in [-0.4, -0.2) is 25.1 Å². The second-order valence-electron chi connectivity index (χ2n) is 8.76. The van der Waals surface area contributed by atoms with E-state index < -0.39 is 5.41 Å². The summed E-state index contributed by atoms with van der Waals surface area (Å²) in [7, 11) is 0. The molecule has 170 valence electrons. The SMILES string of the molecule is CCN1C(=O)C(C)(C)COc2ccc(NC(=O)NC(c3ccccc3)c3ccccc3)cc21. The van der Waals surface area contributed by atoms with Gasteiger partial charge in [0.2, 0.25) is 5.91 Å². The van der Waals surface area contributed by atoms with Crippen LogP contribution in [0.25, 0.3) is 0 Å². The van der Waals surface area contributed by atoms with Gasteiger partial charge in [0.1, 0.15) is 12.4 Å². The number of urea groups is 1. The molecular formula is C27H29N3O3. The predicted molar refractivity (Wildman–Crippen MR) is 131 cm³/mol. The number of rotatable bonds is 5. The van der Waals surface area contributed by atoms with E-state index in [-0.39, 0.29) is 18.0 Å². The molecule has 2 N–H and O–H groups in total. The summed E-state index contributed by atoms with van der Waals surface area (Å²) in [5.41, 5.74) is 2.59. The van der Waals surface area contributed by atoms with Crippen LogP contribution in [0.5, 0.6) is 5.75 Å². The molecule has 3 amide bonds. The normalized spacial score (nSPS) is 14.8. The number of carbonyl (C=O) groups is 2. The van der Waals surface area contributed by atoms with Gasteiger partial charge in [-0.1, -0.05) is 60.7 Å². The van der Waals surface area contributed by atoms with Gasteiger partial charge in [-0.2, -0.15) is 0 Å². The van der Waals surface area contributed by atoms with Gasteiger partial charge in [-0.25, -0.2) is 4.79 Å². The van der Waals surface area contributed by atoms with Crippen molar-refractivity contribution in [1.82, 2.24) is 5.32 Å². The van der Waals surface area contributed by atoms with E-state index in [0.29, 0.717) is 30.3 Å². The summed E-state index contributed by atoms with van der Waals surface area (Å²) in [6, 6.07) is 24.4. The Morgan fingerprint density at radius 1 is 1.00 bits per heavy atom. The standard InChI is InChI=1S/C27H29N3O3/c1-4-30-22-17-21(15-16-23(22)33-18-27(2,3)25(30)31)28-26(32)29-24(19-11-7-5-8-12-19)20-13-9-6-10-14-20/h5-17,24H,4,18H2,1-3H3,(H2,28,29,32). The molecule has 1 heterocycles. The largest absolute Gasteiger partial charge is 0.490 e. The highest BCUT2D eigenvalue weighted by molar-refractivity contribution is 6.00. The van der Waals surface area contributed by atoms with Crippen LogP contribution in [-0.2, 0) is 4.79 Å². The zero-order valence-corrected chi connectivity index (χ0v) is 19.2. The first-order valence-corrected chi connectivity index (χ1v) is 11.2. The van der Waals surface area contributed by atoms with Crippen LogP contribution < -0.4 is 20.3 Å². The highest BCUT2D eigenvalue weighted by Gasteiger charge is 2.37. The fourth-order valence-electron chi connectivity index (χ4n) is 3.99. The Bertz CT molecular complexity index is 1090. The Kier molecular flexibility index (Phi) is 6.36. The second-order valence-corrected chi connectivity index (χ2v) is 8.76. The molecule has 3 aromatic rings. The summed E-state index contributed by atoms with van der Waals surface area (Å²) in [6.45, 7) is 6.50. The molecule has 0 saturated carbocycles. The van der Waals surface area contributed by atoms with Crippen LogP contribution in [0.4, 0.5) is 16.2 Å². The van der Waals surface area contributed by atoms with Crippen molar-refractivity contribution in [2.45, 2.75) is 26.8 Å². The lowest BCUT2D eigenvalue weighted by Crippen LogP contribution is -2.42. The molecule has 6 heteroatoms. The highest BCUT2D eigenvalue weighted by atomic mass is 16.5. The van der Waals surface area contributed by atoms with Gasteiger partial charge in [0.25, 0.3) is 0 Å². The van der Waals surface area contributed by atoms with Crippen molar-refractivity contribution in [3.05, 3.63) is 90.0 Å². The van der Waals surface area contributed by atoms with Gasteiger partial charge in [-0.15, -0.1) is 0 Å². The molecule has 33 heavy (non-hydrogen) atoms. The first kappa shape index (κ1) is 22.4. The molecule has 0 aromatic heterocycles. The molecule has 1 aliphatic rings. The third-order valence-corrected chi connectivity index (χ3v) is 5.78. The minimum atomic E-state index is -0.626. The van der Waals surface area contributed by atoms with E-state index in [2.05, 4.69) is 10.6 Å². The maximum atomic E-state index is 13.0. The molecule has 0 atom stereocenters. The van der Waals surface area contributed by atoms with Crippen molar-refractivity contribution >= 4 is 23.3 Å². The highest BCUT2D eigenvalue weighted by Crippen LogP contribution is 2.38. The number of nitrogens with zero attached hydrogens (tertiary/aromatic N) is 1. The molecule has 0 aliphatic carbocycles. The lowest BCUT2D eigenvalue weighted by Gasteiger charge is -2.27. The van der Waals surface area contributed by atoms with Crippen molar-refractivity contribution in [1.29, 1.82) is 0 Å². The maximum absolute atomic E-state index is 13.0. The summed E-state index contributed by atoms with van der Waals surface area (Å²) in [5.74, 6) is 0.631. The molecular weight excluding hydrogens is 414 g/mol. The summed E-state index contributed by atoms with van der Waals surface area (Å²) >= 11 is 0. The Morgan fingerprint density at radius 2 is 1.61 bits per heavy atom. The number of amides is 3. The van der Waals surface area contributed by atoms with Gasteiger partial charge < -0.3 is 20.3 Å². The molecule has 3 aromatic carbocycles. The fraction of sp³-hybridized carbons (Fsp3) is 0.259. The van der Waals surface area contributed by atoms with Crippen LogP contribution in [0.3, 0.4) is 0 Å². The molecule has 0 bridgehead atoms. The maximum Gasteiger partial charge on any atom is 0.319 e. The lowest BCUT2D eigenvalue weighted by molar-refractivity contribution is -0.127. The Morgan fingerprint density at radius 3 is 2.18 bits per heavy atom. The van der Waals surface area contributed by atoms with Crippen LogP contribution >= 0.6 is 0 Å². The zero-order valence-electron chi connectivity index (χ0n) is 19.2. The zero-order chi connectivity index (χ0) is 23.4. The van der Waals surface area contributed by atoms with Crippen molar-refractivity contribution < 1.29 is 14.3 Å². The Labute approximate surface area is 194 Å². The van der Waals surface area contributed by atoms with Crippen LogP contribution in [0.2, 0.25) is 0 Å². The first-order chi connectivity index (χ1) is 15.9. The summed E-state index contributed by atoms with van der Waals surface area (Å²) in [4.78, 5) is 27.7. The van der Waals surface area contributed by atoms with E-state index in [9.17, 15) is 9.59 Å². The number of hydrogen-bond acceptors (Lipinski definition) is 3. The van der Waals surface area contributed by atoms with Gasteiger partial charge in [0.15, 0.2) is 0 Å². The van der Waals surface area contributed by atoms with Crippen LogP contribution in [0.15, 0.2) is 78.9 Å². The quantitative estimate of drug-likeness (QED) is 0.557. The third-order valence-electron chi connectivity index (χ3n) is 5.78. The molecule has 0 radical (unpaired) electrons. The monoisotopic (exact) mass is 443 g/mol. The molecule has 4 rings (SSSR count). The number of benzene rings is 3. The first-order valence-electron chi connectivity index (χ1n) is 11.2. The molecule has 0 unspecified atom stereocenters. The lowest BCUT2D eigenvalue weighted by atomic mass is 9.93. The number of carbonyl (C=O) groups excluding carboxylic acids is 2. The van der Waals surface area contributed by atoms with E-state index in [1.165, 1.54) is 0 Å². The van der Waals surface area contributed by atoms with Crippen LogP contribution in [0, 0.1) is 5.41 Å².